The lowest BCUT2D eigenvalue weighted by atomic mass is 10.0. The Labute approximate surface area is 129 Å². The Hall–Kier alpha value is -2.58. The van der Waals surface area contributed by atoms with Crippen molar-refractivity contribution in [1.29, 1.82) is 0 Å². The molecule has 5 heteroatoms. The number of fused-ring (bicyclic) bond motifs is 1. The van der Waals surface area contributed by atoms with Crippen LogP contribution in [0.25, 0.3) is 10.8 Å². The van der Waals surface area contributed by atoms with Crippen LogP contribution in [-0.4, -0.2) is 25.0 Å². The van der Waals surface area contributed by atoms with Gasteiger partial charge in [-0.1, -0.05) is 36.3 Å². The first-order chi connectivity index (χ1) is 10.3. The van der Waals surface area contributed by atoms with Gasteiger partial charge in [-0.05, 0) is 29.1 Å². The van der Waals surface area contributed by atoms with Crippen LogP contribution >= 0.6 is 12.2 Å². The van der Waals surface area contributed by atoms with Crippen LogP contribution in [0.3, 0.4) is 0 Å². The summed E-state index contributed by atoms with van der Waals surface area (Å²) in [6, 6.07) is 11.9. The van der Waals surface area contributed by atoms with Crippen LogP contribution in [0.5, 0.6) is 5.75 Å². The summed E-state index contributed by atoms with van der Waals surface area (Å²) in [5.41, 5.74) is 3.58. The fourth-order valence-corrected chi connectivity index (χ4v) is 1.92. The van der Waals surface area contributed by atoms with Gasteiger partial charge in [0.05, 0.1) is 6.21 Å². The summed E-state index contributed by atoms with van der Waals surface area (Å²) in [6.45, 7) is 0.210. The third kappa shape index (κ3) is 3.71. The first kappa shape index (κ1) is 14.8. The molecule has 2 N–H and O–H groups in total. The molecular formula is C16H15N3OS. The van der Waals surface area contributed by atoms with E-state index in [1.54, 1.807) is 13.3 Å². The van der Waals surface area contributed by atoms with Crippen LogP contribution in [0, 0.1) is 12.3 Å². The monoisotopic (exact) mass is 297 g/mol. The van der Waals surface area contributed by atoms with Crippen LogP contribution in [0.4, 0.5) is 0 Å². The summed E-state index contributed by atoms with van der Waals surface area (Å²) >= 11 is 4.98. The number of thiocarbonyl (C=S) groups is 1. The van der Waals surface area contributed by atoms with E-state index in [9.17, 15) is 0 Å². The van der Waals surface area contributed by atoms with Crippen molar-refractivity contribution < 1.29 is 4.74 Å². The summed E-state index contributed by atoms with van der Waals surface area (Å²) in [6.07, 6.45) is 6.93. The second-order valence-electron chi connectivity index (χ2n) is 4.14. The van der Waals surface area contributed by atoms with Crippen LogP contribution in [-0.2, 0) is 0 Å². The zero-order valence-corrected chi connectivity index (χ0v) is 12.4. The summed E-state index contributed by atoms with van der Waals surface area (Å²) < 4.78 is 5.57. The van der Waals surface area contributed by atoms with E-state index in [4.69, 9.17) is 23.4 Å². The van der Waals surface area contributed by atoms with Gasteiger partial charge in [-0.25, -0.2) is 0 Å². The van der Waals surface area contributed by atoms with Gasteiger partial charge in [0.1, 0.15) is 12.4 Å². The van der Waals surface area contributed by atoms with Crippen molar-refractivity contribution >= 4 is 34.3 Å². The largest absolute Gasteiger partial charge is 0.480 e. The highest BCUT2D eigenvalue weighted by Crippen LogP contribution is 2.26. The lowest BCUT2D eigenvalue weighted by molar-refractivity contribution is 0.370. The van der Waals surface area contributed by atoms with Gasteiger partial charge >= 0.3 is 0 Å². The third-order valence-corrected chi connectivity index (χ3v) is 3.12. The fourth-order valence-electron chi connectivity index (χ4n) is 1.87. The molecule has 0 unspecified atom stereocenters. The Kier molecular flexibility index (Phi) is 5.13. The van der Waals surface area contributed by atoms with Crippen LogP contribution in [0.1, 0.15) is 5.56 Å². The number of hydrogen-bond acceptors (Lipinski definition) is 3. The van der Waals surface area contributed by atoms with E-state index >= 15 is 0 Å². The highest BCUT2D eigenvalue weighted by atomic mass is 32.1. The molecule has 0 aliphatic carbocycles. The van der Waals surface area contributed by atoms with Gasteiger partial charge in [0.2, 0.25) is 0 Å². The molecule has 4 nitrogen and oxygen atoms in total. The molecule has 0 radical (unpaired) electrons. The molecule has 2 aromatic carbocycles. The van der Waals surface area contributed by atoms with E-state index in [-0.39, 0.29) is 6.61 Å². The Morgan fingerprint density at radius 1 is 1.38 bits per heavy atom. The summed E-state index contributed by atoms with van der Waals surface area (Å²) in [7, 11) is 1.73. The minimum Gasteiger partial charge on any atom is -0.480 e. The Balaban J connectivity index is 2.40. The first-order valence-corrected chi connectivity index (χ1v) is 6.76. The topological polar surface area (TPSA) is 45.6 Å². The van der Waals surface area contributed by atoms with Gasteiger partial charge in [0.15, 0.2) is 5.11 Å². The number of nitrogens with zero attached hydrogens (tertiary/aromatic N) is 1. The SMILES string of the molecule is C#CCOc1ccc2ccccc2c1/C=N\NC(=S)NC. The summed E-state index contributed by atoms with van der Waals surface area (Å²) in [4.78, 5) is 0. The van der Waals surface area contributed by atoms with Crippen molar-refractivity contribution in [2.75, 3.05) is 13.7 Å². The molecule has 0 spiro atoms. The average Bonchev–Trinajstić information content (AvgIpc) is 2.53. The van der Waals surface area contributed by atoms with Crippen molar-refractivity contribution in [3.63, 3.8) is 0 Å². The van der Waals surface area contributed by atoms with Gasteiger partial charge in [-0.3, -0.25) is 5.43 Å². The number of ether oxygens (including phenoxy) is 1. The molecule has 0 fully saturated rings. The maximum Gasteiger partial charge on any atom is 0.186 e. The molecule has 0 atom stereocenters. The standard InChI is InChI=1S/C16H15N3OS/c1-3-10-20-15-9-8-12-6-4-5-7-13(12)14(15)11-18-19-16(21)17-2/h1,4-9,11H,10H2,2H3,(H2,17,19,21)/b18-11-. The minimum absolute atomic E-state index is 0.210. The van der Waals surface area contributed by atoms with Gasteiger partial charge in [-0.15, -0.1) is 6.42 Å². The highest BCUT2D eigenvalue weighted by molar-refractivity contribution is 7.80. The highest BCUT2D eigenvalue weighted by Gasteiger charge is 2.06. The Morgan fingerprint density at radius 2 is 2.19 bits per heavy atom. The second-order valence-corrected chi connectivity index (χ2v) is 4.55. The first-order valence-electron chi connectivity index (χ1n) is 6.35. The summed E-state index contributed by atoms with van der Waals surface area (Å²) in [5, 5.41) is 9.48. The predicted molar refractivity (Wildman–Crippen MR) is 90.7 cm³/mol. The summed E-state index contributed by atoms with van der Waals surface area (Å²) in [5.74, 6) is 3.15. The Bertz CT molecular complexity index is 719. The van der Waals surface area contributed by atoms with Crippen molar-refractivity contribution in [2.45, 2.75) is 0 Å². The smallest absolute Gasteiger partial charge is 0.186 e. The molecule has 0 amide bonds. The van der Waals surface area contributed by atoms with Crippen molar-refractivity contribution in [2.24, 2.45) is 5.10 Å². The average molecular weight is 297 g/mol. The van der Waals surface area contributed by atoms with Crippen LogP contribution < -0.4 is 15.5 Å². The third-order valence-electron chi connectivity index (χ3n) is 2.83. The Morgan fingerprint density at radius 3 is 2.95 bits per heavy atom. The molecular weight excluding hydrogens is 282 g/mol. The molecule has 0 saturated heterocycles. The number of benzene rings is 2. The quantitative estimate of drug-likeness (QED) is 0.393. The van der Waals surface area contributed by atoms with Gasteiger partial charge < -0.3 is 10.1 Å². The maximum atomic E-state index is 5.57. The normalized spacial score (nSPS) is 10.3. The molecule has 0 aromatic heterocycles. The lowest BCUT2D eigenvalue weighted by Crippen LogP contribution is -2.28. The molecule has 21 heavy (non-hydrogen) atoms. The molecule has 0 aliphatic heterocycles. The number of terminal acetylenes is 1. The predicted octanol–water partition coefficient (Wildman–Crippen LogP) is 2.28. The van der Waals surface area contributed by atoms with Gasteiger partial charge in [0.25, 0.3) is 0 Å². The lowest BCUT2D eigenvalue weighted by Gasteiger charge is -2.10. The molecule has 0 aliphatic rings. The number of hydrazone groups is 1. The number of hydrogen-bond donors (Lipinski definition) is 2. The fraction of sp³-hybridized carbons (Fsp3) is 0.125. The van der Waals surface area contributed by atoms with E-state index in [1.807, 2.05) is 36.4 Å². The number of nitrogens with one attached hydrogen (secondary N) is 2. The second kappa shape index (κ2) is 7.27. The van der Waals surface area contributed by atoms with Crippen molar-refractivity contribution in [3.8, 4) is 18.1 Å². The van der Waals surface area contributed by atoms with Gasteiger partial charge in [-0.2, -0.15) is 5.10 Å². The van der Waals surface area contributed by atoms with Crippen molar-refractivity contribution in [3.05, 3.63) is 42.0 Å². The minimum atomic E-state index is 0.210. The molecule has 106 valence electrons. The maximum absolute atomic E-state index is 5.57. The molecule has 2 rings (SSSR count). The zero-order valence-electron chi connectivity index (χ0n) is 11.6. The van der Waals surface area contributed by atoms with E-state index in [0.717, 1.165) is 16.3 Å². The molecule has 0 saturated carbocycles. The van der Waals surface area contributed by atoms with E-state index in [2.05, 4.69) is 21.8 Å². The molecule has 2 aromatic rings. The zero-order chi connectivity index (χ0) is 15.1. The molecule has 0 bridgehead atoms. The molecule has 0 heterocycles. The van der Waals surface area contributed by atoms with Crippen molar-refractivity contribution in [1.82, 2.24) is 10.7 Å². The van der Waals surface area contributed by atoms with Gasteiger partial charge in [0, 0.05) is 12.6 Å². The van der Waals surface area contributed by atoms with E-state index in [1.165, 1.54) is 0 Å². The van der Waals surface area contributed by atoms with Crippen LogP contribution in [0.2, 0.25) is 0 Å². The van der Waals surface area contributed by atoms with E-state index in [0.29, 0.717) is 10.9 Å². The van der Waals surface area contributed by atoms with E-state index < -0.39 is 0 Å². The number of rotatable bonds is 4. The van der Waals surface area contributed by atoms with Crippen LogP contribution in [0.15, 0.2) is 41.5 Å².